The zero-order chi connectivity index (χ0) is 38.2. The van der Waals surface area contributed by atoms with Crippen LogP contribution in [0.25, 0.3) is 89.4 Å². The Morgan fingerprint density at radius 2 is 0.845 bits per heavy atom. The highest BCUT2D eigenvalue weighted by Crippen LogP contribution is 2.64. The van der Waals surface area contributed by atoms with Crippen molar-refractivity contribution >= 4 is 11.0 Å². The molecule has 270 valence electrons. The molecule has 0 saturated heterocycles. The summed E-state index contributed by atoms with van der Waals surface area (Å²) in [5.41, 5.74) is 18.5. The van der Waals surface area contributed by atoms with Gasteiger partial charge in [-0.05, 0) is 79.9 Å². The van der Waals surface area contributed by atoms with Gasteiger partial charge in [0, 0.05) is 27.6 Å². The molecule has 10 aromatic rings. The Morgan fingerprint density at radius 1 is 0.345 bits per heavy atom. The molecule has 8 aromatic carbocycles. The van der Waals surface area contributed by atoms with Crippen LogP contribution in [0.4, 0.5) is 0 Å². The minimum atomic E-state index is -0.543. The molecule has 0 fully saturated rings. The number of nitrogens with zero attached hydrogens (tertiary/aromatic N) is 2. The maximum absolute atomic E-state index is 6.97. The number of fused-ring (bicyclic) bond motifs is 12. The van der Waals surface area contributed by atoms with Crippen LogP contribution in [0.15, 0.2) is 211 Å². The molecule has 2 heterocycles. The second kappa shape index (κ2) is 12.7. The highest BCUT2D eigenvalue weighted by Gasteiger charge is 2.54. The number of furan rings is 1. The first kappa shape index (κ1) is 32.6. The predicted molar refractivity (Wildman–Crippen MR) is 235 cm³/mol. The molecule has 58 heavy (non-hydrogen) atoms. The Hall–Kier alpha value is -7.62. The average Bonchev–Trinajstić information content (AvgIpc) is 3.93. The maximum Gasteiger partial charge on any atom is 0.160 e. The van der Waals surface area contributed by atoms with E-state index in [9.17, 15) is 0 Å². The number of hydrogen-bond donors (Lipinski definition) is 0. The third-order valence-electron chi connectivity index (χ3n) is 12.1. The molecule has 0 saturated carbocycles. The van der Waals surface area contributed by atoms with Crippen LogP contribution in [0, 0.1) is 0 Å². The molecule has 12 rings (SSSR count). The lowest BCUT2D eigenvalue weighted by molar-refractivity contribution is 0.507. The standard InChI is InChI=1S/C55H34N2O/c1-3-14-35(15-4-1)36-26-28-38(29-27-36)50-34-49(37-16-5-2-6-17-37)56-54(57-50)41-19-13-18-39(32-41)40-30-31-48-45(33-40)52-44-22-9-12-25-51(44)58-53(52)55(48)46-23-10-7-20-42(46)43-21-8-11-24-47(43)55/h1-34H. The fourth-order valence-electron chi connectivity index (χ4n) is 9.51. The van der Waals surface area contributed by atoms with E-state index in [2.05, 4.69) is 194 Å². The van der Waals surface area contributed by atoms with Crippen LogP contribution < -0.4 is 0 Å². The van der Waals surface area contributed by atoms with Crippen molar-refractivity contribution in [2.75, 3.05) is 0 Å². The quantitative estimate of drug-likeness (QED) is 0.176. The average molecular weight is 739 g/mol. The number of para-hydroxylation sites is 1. The van der Waals surface area contributed by atoms with Crippen LogP contribution in [0.1, 0.15) is 22.5 Å². The molecule has 0 N–H and O–H groups in total. The molecule has 0 unspecified atom stereocenters. The van der Waals surface area contributed by atoms with Crippen LogP contribution in [0.2, 0.25) is 0 Å². The van der Waals surface area contributed by atoms with Gasteiger partial charge in [0.05, 0.1) is 11.4 Å². The normalized spacial score (nSPS) is 13.0. The van der Waals surface area contributed by atoms with Crippen molar-refractivity contribution in [3.8, 4) is 78.4 Å². The van der Waals surface area contributed by atoms with Crippen LogP contribution in [-0.2, 0) is 5.41 Å². The monoisotopic (exact) mass is 738 g/mol. The summed E-state index contributed by atoms with van der Waals surface area (Å²) in [4.78, 5) is 10.4. The lowest BCUT2D eigenvalue weighted by Crippen LogP contribution is -2.25. The van der Waals surface area contributed by atoms with Gasteiger partial charge < -0.3 is 4.42 Å². The van der Waals surface area contributed by atoms with Gasteiger partial charge in [0.25, 0.3) is 0 Å². The molecule has 2 aliphatic carbocycles. The van der Waals surface area contributed by atoms with E-state index in [4.69, 9.17) is 14.4 Å². The lowest BCUT2D eigenvalue weighted by atomic mass is 9.73. The lowest BCUT2D eigenvalue weighted by Gasteiger charge is -2.28. The fourth-order valence-corrected chi connectivity index (χ4v) is 9.51. The molecule has 2 aliphatic rings. The van der Waals surface area contributed by atoms with Gasteiger partial charge in [0.15, 0.2) is 5.82 Å². The SMILES string of the molecule is c1ccc(-c2ccc(-c3cc(-c4ccccc4)nc(-c4cccc(-c5ccc6c(c5)-c5c(oc7ccccc57)C65c6ccccc6-c6ccccc65)c4)n3)cc2)cc1. The topological polar surface area (TPSA) is 38.9 Å². The van der Waals surface area contributed by atoms with Crippen molar-refractivity contribution in [2.24, 2.45) is 0 Å². The van der Waals surface area contributed by atoms with Crippen molar-refractivity contribution in [1.82, 2.24) is 9.97 Å². The fraction of sp³-hybridized carbons (Fsp3) is 0.0182. The van der Waals surface area contributed by atoms with Gasteiger partial charge in [-0.25, -0.2) is 9.97 Å². The molecule has 0 radical (unpaired) electrons. The van der Waals surface area contributed by atoms with E-state index >= 15 is 0 Å². The van der Waals surface area contributed by atoms with Gasteiger partial charge in [-0.15, -0.1) is 0 Å². The Bertz CT molecular complexity index is 3170. The van der Waals surface area contributed by atoms with Gasteiger partial charge in [-0.1, -0.05) is 182 Å². The summed E-state index contributed by atoms with van der Waals surface area (Å²) in [6, 6.07) is 73.4. The molecule has 0 amide bonds. The second-order valence-electron chi connectivity index (χ2n) is 15.3. The van der Waals surface area contributed by atoms with Crippen LogP contribution in [-0.4, -0.2) is 9.97 Å². The van der Waals surface area contributed by atoms with Gasteiger partial charge in [0.2, 0.25) is 0 Å². The summed E-state index contributed by atoms with van der Waals surface area (Å²) in [5.74, 6) is 1.69. The van der Waals surface area contributed by atoms with Crippen molar-refractivity contribution in [1.29, 1.82) is 0 Å². The molecular weight excluding hydrogens is 705 g/mol. The van der Waals surface area contributed by atoms with Crippen molar-refractivity contribution in [3.63, 3.8) is 0 Å². The summed E-state index contributed by atoms with van der Waals surface area (Å²) in [6.45, 7) is 0. The summed E-state index contributed by atoms with van der Waals surface area (Å²) in [5, 5.41) is 1.14. The zero-order valence-corrected chi connectivity index (χ0v) is 31.4. The van der Waals surface area contributed by atoms with Crippen molar-refractivity contribution < 1.29 is 4.42 Å². The first-order chi connectivity index (χ1) is 28.7. The Kier molecular flexibility index (Phi) is 7.14. The summed E-state index contributed by atoms with van der Waals surface area (Å²) < 4.78 is 6.97. The van der Waals surface area contributed by atoms with Gasteiger partial charge in [-0.2, -0.15) is 0 Å². The molecule has 2 aromatic heterocycles. The summed E-state index contributed by atoms with van der Waals surface area (Å²) in [6.07, 6.45) is 0. The van der Waals surface area contributed by atoms with Gasteiger partial charge >= 0.3 is 0 Å². The van der Waals surface area contributed by atoms with Crippen molar-refractivity contribution in [3.05, 3.63) is 229 Å². The third kappa shape index (κ3) is 4.80. The zero-order valence-electron chi connectivity index (χ0n) is 31.4. The molecule has 3 heteroatoms. The number of benzene rings is 8. The molecule has 0 atom stereocenters. The first-order valence-corrected chi connectivity index (χ1v) is 19.8. The minimum Gasteiger partial charge on any atom is -0.459 e. The molecular formula is C55H34N2O. The van der Waals surface area contributed by atoms with Gasteiger partial charge in [0.1, 0.15) is 16.8 Å². The van der Waals surface area contributed by atoms with E-state index < -0.39 is 5.41 Å². The number of hydrogen-bond acceptors (Lipinski definition) is 3. The Labute approximate surface area is 336 Å². The van der Waals surface area contributed by atoms with Gasteiger partial charge in [-0.3, -0.25) is 0 Å². The smallest absolute Gasteiger partial charge is 0.160 e. The summed E-state index contributed by atoms with van der Waals surface area (Å²) in [7, 11) is 0. The van der Waals surface area contributed by atoms with E-state index in [0.717, 1.165) is 55.9 Å². The first-order valence-electron chi connectivity index (χ1n) is 19.8. The molecule has 0 bridgehead atoms. The molecule has 0 aliphatic heterocycles. The summed E-state index contributed by atoms with van der Waals surface area (Å²) >= 11 is 0. The van der Waals surface area contributed by atoms with E-state index in [0.29, 0.717) is 5.82 Å². The van der Waals surface area contributed by atoms with E-state index in [1.807, 2.05) is 12.1 Å². The highest BCUT2D eigenvalue weighted by atomic mass is 16.3. The number of rotatable bonds is 5. The van der Waals surface area contributed by atoms with E-state index in [-0.39, 0.29) is 0 Å². The molecule has 3 nitrogen and oxygen atoms in total. The molecule has 1 spiro atoms. The van der Waals surface area contributed by atoms with E-state index in [1.54, 1.807) is 0 Å². The van der Waals surface area contributed by atoms with Crippen molar-refractivity contribution in [2.45, 2.75) is 5.41 Å². The van der Waals surface area contributed by atoms with Crippen LogP contribution in [0.3, 0.4) is 0 Å². The Morgan fingerprint density at radius 3 is 1.57 bits per heavy atom. The highest BCUT2D eigenvalue weighted by molar-refractivity contribution is 6.05. The third-order valence-corrected chi connectivity index (χ3v) is 12.1. The second-order valence-corrected chi connectivity index (χ2v) is 15.3. The minimum absolute atomic E-state index is 0.543. The van der Waals surface area contributed by atoms with Crippen LogP contribution >= 0.6 is 0 Å². The predicted octanol–water partition coefficient (Wildman–Crippen LogP) is 13.9. The van der Waals surface area contributed by atoms with E-state index in [1.165, 1.54) is 50.1 Å². The largest absolute Gasteiger partial charge is 0.459 e. The Balaban J connectivity index is 1.01. The maximum atomic E-state index is 6.97. The van der Waals surface area contributed by atoms with Crippen LogP contribution in [0.5, 0.6) is 0 Å². The number of aromatic nitrogens is 2.